The molecule has 3 heteroatoms. The molecule has 0 saturated heterocycles. The smallest absolute Gasteiger partial charge is 0.249 e. The molecular formula is C16H18N2O. The number of aryl methyl sites for hydroxylation is 2. The van der Waals surface area contributed by atoms with Gasteiger partial charge < -0.3 is 11.1 Å². The fourth-order valence-corrected chi connectivity index (χ4v) is 2.12. The van der Waals surface area contributed by atoms with Gasteiger partial charge in [-0.25, -0.2) is 0 Å². The Hall–Kier alpha value is -2.29. The number of carbonyl (C=O) groups is 1. The van der Waals surface area contributed by atoms with Crippen molar-refractivity contribution in [2.45, 2.75) is 20.4 Å². The van der Waals surface area contributed by atoms with Crippen LogP contribution in [0.1, 0.15) is 27.0 Å². The number of hydrogen-bond donors (Lipinski definition) is 2. The van der Waals surface area contributed by atoms with E-state index < -0.39 is 5.91 Å². The minimum Gasteiger partial charge on any atom is -0.381 e. The van der Waals surface area contributed by atoms with Gasteiger partial charge >= 0.3 is 0 Å². The van der Waals surface area contributed by atoms with Crippen molar-refractivity contribution in [2.24, 2.45) is 5.73 Å². The second-order valence-corrected chi connectivity index (χ2v) is 4.69. The van der Waals surface area contributed by atoms with Crippen molar-refractivity contribution in [3.63, 3.8) is 0 Å². The van der Waals surface area contributed by atoms with Crippen molar-refractivity contribution in [1.29, 1.82) is 0 Å². The van der Waals surface area contributed by atoms with Crippen molar-refractivity contribution in [1.82, 2.24) is 0 Å². The topological polar surface area (TPSA) is 55.1 Å². The van der Waals surface area contributed by atoms with Gasteiger partial charge in [-0.3, -0.25) is 4.79 Å². The van der Waals surface area contributed by atoms with Crippen molar-refractivity contribution >= 4 is 11.6 Å². The van der Waals surface area contributed by atoms with Crippen LogP contribution in [-0.2, 0) is 6.54 Å². The van der Waals surface area contributed by atoms with Crippen LogP contribution in [0.5, 0.6) is 0 Å². The molecule has 0 heterocycles. The van der Waals surface area contributed by atoms with Gasteiger partial charge in [0.25, 0.3) is 0 Å². The van der Waals surface area contributed by atoms with E-state index in [9.17, 15) is 4.79 Å². The fourth-order valence-electron chi connectivity index (χ4n) is 2.12. The summed E-state index contributed by atoms with van der Waals surface area (Å²) >= 11 is 0. The zero-order valence-electron chi connectivity index (χ0n) is 11.2. The molecule has 2 aromatic carbocycles. The highest BCUT2D eigenvalue weighted by atomic mass is 16.1. The number of benzene rings is 2. The molecule has 0 spiro atoms. The molecule has 2 aromatic rings. The molecule has 0 unspecified atom stereocenters. The monoisotopic (exact) mass is 254 g/mol. The number of nitrogens with two attached hydrogens (primary N) is 1. The van der Waals surface area contributed by atoms with E-state index in [0.717, 1.165) is 11.3 Å². The van der Waals surface area contributed by atoms with E-state index in [1.807, 2.05) is 18.2 Å². The summed E-state index contributed by atoms with van der Waals surface area (Å²) in [6.45, 7) is 4.72. The summed E-state index contributed by atoms with van der Waals surface area (Å²) in [5.41, 5.74) is 10.3. The quantitative estimate of drug-likeness (QED) is 0.881. The van der Waals surface area contributed by atoms with E-state index in [2.05, 4.69) is 37.4 Å². The van der Waals surface area contributed by atoms with Crippen LogP contribution in [0.4, 0.5) is 5.69 Å². The first-order chi connectivity index (χ1) is 9.08. The van der Waals surface area contributed by atoms with Gasteiger partial charge in [-0.2, -0.15) is 0 Å². The zero-order chi connectivity index (χ0) is 13.8. The van der Waals surface area contributed by atoms with Crippen molar-refractivity contribution < 1.29 is 4.79 Å². The highest BCUT2D eigenvalue weighted by molar-refractivity contribution is 5.94. The Morgan fingerprint density at radius 3 is 2.58 bits per heavy atom. The van der Waals surface area contributed by atoms with E-state index in [-0.39, 0.29) is 0 Å². The van der Waals surface area contributed by atoms with Crippen LogP contribution in [0, 0.1) is 13.8 Å². The maximum atomic E-state index is 11.3. The lowest BCUT2D eigenvalue weighted by molar-refractivity contribution is 0.0999. The van der Waals surface area contributed by atoms with E-state index in [0.29, 0.717) is 12.1 Å². The molecule has 0 radical (unpaired) electrons. The first-order valence-electron chi connectivity index (χ1n) is 6.27. The molecule has 0 saturated carbocycles. The Morgan fingerprint density at radius 2 is 1.89 bits per heavy atom. The Labute approximate surface area is 113 Å². The van der Waals surface area contributed by atoms with E-state index >= 15 is 0 Å². The lowest BCUT2D eigenvalue weighted by Gasteiger charge is -2.12. The molecule has 98 valence electrons. The van der Waals surface area contributed by atoms with Crippen molar-refractivity contribution in [3.05, 3.63) is 64.7 Å². The number of amides is 1. The summed E-state index contributed by atoms with van der Waals surface area (Å²) in [7, 11) is 0. The lowest BCUT2D eigenvalue weighted by Crippen LogP contribution is -2.15. The number of primary amides is 1. The molecular weight excluding hydrogens is 236 g/mol. The SMILES string of the molecule is Cc1ccc(NCc2ccccc2C(N)=O)c(C)c1. The first kappa shape index (κ1) is 13.1. The third-order valence-corrected chi connectivity index (χ3v) is 3.13. The lowest BCUT2D eigenvalue weighted by atomic mass is 10.1. The molecule has 0 aromatic heterocycles. The molecule has 1 amide bonds. The van der Waals surface area contributed by atoms with Crippen LogP contribution in [0.3, 0.4) is 0 Å². The van der Waals surface area contributed by atoms with Gasteiger partial charge in [0.1, 0.15) is 0 Å². The van der Waals surface area contributed by atoms with Gasteiger partial charge in [0.05, 0.1) is 0 Å². The van der Waals surface area contributed by atoms with Gasteiger partial charge in [0, 0.05) is 17.8 Å². The Kier molecular flexibility index (Phi) is 3.85. The molecule has 0 aliphatic heterocycles. The summed E-state index contributed by atoms with van der Waals surface area (Å²) in [5, 5.41) is 3.34. The second-order valence-electron chi connectivity index (χ2n) is 4.69. The molecule has 3 nitrogen and oxygen atoms in total. The summed E-state index contributed by atoms with van der Waals surface area (Å²) < 4.78 is 0. The number of hydrogen-bond acceptors (Lipinski definition) is 2. The van der Waals surface area contributed by atoms with Gasteiger partial charge in [-0.05, 0) is 37.1 Å². The fraction of sp³-hybridized carbons (Fsp3) is 0.188. The van der Waals surface area contributed by atoms with Crippen LogP contribution in [0.25, 0.3) is 0 Å². The molecule has 0 aliphatic rings. The van der Waals surface area contributed by atoms with Gasteiger partial charge in [-0.15, -0.1) is 0 Å². The largest absolute Gasteiger partial charge is 0.381 e. The molecule has 0 aliphatic carbocycles. The molecule has 19 heavy (non-hydrogen) atoms. The molecule has 0 bridgehead atoms. The van der Waals surface area contributed by atoms with Gasteiger partial charge in [-0.1, -0.05) is 35.9 Å². The maximum absolute atomic E-state index is 11.3. The zero-order valence-corrected chi connectivity index (χ0v) is 11.2. The third-order valence-electron chi connectivity index (χ3n) is 3.13. The first-order valence-corrected chi connectivity index (χ1v) is 6.27. The van der Waals surface area contributed by atoms with Gasteiger partial charge in [0.2, 0.25) is 5.91 Å². The second kappa shape index (κ2) is 5.57. The van der Waals surface area contributed by atoms with Crippen LogP contribution in [0.15, 0.2) is 42.5 Å². The number of carbonyl (C=O) groups excluding carboxylic acids is 1. The molecule has 0 fully saturated rings. The summed E-state index contributed by atoms with van der Waals surface area (Å²) in [5.74, 6) is -0.391. The highest BCUT2D eigenvalue weighted by Crippen LogP contribution is 2.18. The van der Waals surface area contributed by atoms with Crippen LogP contribution < -0.4 is 11.1 Å². The highest BCUT2D eigenvalue weighted by Gasteiger charge is 2.07. The number of rotatable bonds is 4. The number of anilines is 1. The van der Waals surface area contributed by atoms with E-state index in [1.165, 1.54) is 11.1 Å². The summed E-state index contributed by atoms with van der Waals surface area (Å²) in [6, 6.07) is 13.6. The van der Waals surface area contributed by atoms with Crippen molar-refractivity contribution in [2.75, 3.05) is 5.32 Å². The van der Waals surface area contributed by atoms with Crippen LogP contribution in [-0.4, -0.2) is 5.91 Å². The molecule has 2 rings (SSSR count). The molecule has 3 N–H and O–H groups in total. The Morgan fingerprint density at radius 1 is 1.16 bits per heavy atom. The maximum Gasteiger partial charge on any atom is 0.249 e. The molecule has 0 atom stereocenters. The number of nitrogens with one attached hydrogen (secondary N) is 1. The Bertz CT molecular complexity index is 605. The van der Waals surface area contributed by atoms with E-state index in [1.54, 1.807) is 6.07 Å². The predicted octanol–water partition coefficient (Wildman–Crippen LogP) is 3.01. The predicted molar refractivity (Wildman–Crippen MR) is 78.2 cm³/mol. The average molecular weight is 254 g/mol. The van der Waals surface area contributed by atoms with Gasteiger partial charge in [0.15, 0.2) is 0 Å². The van der Waals surface area contributed by atoms with E-state index in [4.69, 9.17) is 5.73 Å². The minimum absolute atomic E-state index is 0.391. The minimum atomic E-state index is -0.391. The Balaban J connectivity index is 2.17. The normalized spacial score (nSPS) is 10.2. The standard InChI is InChI=1S/C16H18N2O/c1-11-7-8-15(12(2)9-11)18-10-13-5-3-4-6-14(13)16(17)19/h3-9,18H,10H2,1-2H3,(H2,17,19). The summed E-state index contributed by atoms with van der Waals surface area (Å²) in [6.07, 6.45) is 0. The van der Waals surface area contributed by atoms with Crippen LogP contribution >= 0.6 is 0 Å². The summed E-state index contributed by atoms with van der Waals surface area (Å²) in [4.78, 5) is 11.3. The third kappa shape index (κ3) is 3.13. The average Bonchev–Trinajstić information content (AvgIpc) is 2.38. The van der Waals surface area contributed by atoms with Crippen molar-refractivity contribution in [3.8, 4) is 0 Å². The van der Waals surface area contributed by atoms with Crippen LogP contribution in [0.2, 0.25) is 0 Å².